The lowest BCUT2D eigenvalue weighted by Gasteiger charge is -2.24. The second-order valence-electron chi connectivity index (χ2n) is 6.19. The number of aliphatic hydroxyl groups is 1. The number of rotatable bonds is 5. The fourth-order valence-corrected chi connectivity index (χ4v) is 3.21. The van der Waals surface area contributed by atoms with Crippen molar-refractivity contribution in [2.75, 3.05) is 6.61 Å². The molecule has 1 aliphatic rings. The highest BCUT2D eigenvalue weighted by Gasteiger charge is 2.24. The molecule has 0 spiro atoms. The quantitative estimate of drug-likeness (QED) is 0.789. The van der Waals surface area contributed by atoms with Gasteiger partial charge in [-0.25, -0.2) is 4.79 Å². The first-order valence-corrected chi connectivity index (χ1v) is 8.54. The first-order chi connectivity index (χ1) is 11.7. The number of hydrogen-bond donors (Lipinski definition) is 3. The van der Waals surface area contributed by atoms with Crippen LogP contribution in [0.25, 0.3) is 0 Å². The van der Waals surface area contributed by atoms with Crippen molar-refractivity contribution < 1.29 is 14.3 Å². The smallest absolute Gasteiger partial charge is 0.315 e. The van der Waals surface area contributed by atoms with Crippen molar-refractivity contribution in [2.45, 2.75) is 44.7 Å². The zero-order valence-corrected chi connectivity index (χ0v) is 13.9. The average Bonchev–Trinajstić information content (AvgIpc) is 3.09. The Balaban J connectivity index is 1.63. The molecule has 24 heavy (non-hydrogen) atoms. The lowest BCUT2D eigenvalue weighted by molar-refractivity contribution is 0.213. The highest BCUT2D eigenvalue weighted by molar-refractivity contribution is 5.75. The van der Waals surface area contributed by atoms with Crippen LogP contribution in [0.1, 0.15) is 54.3 Å². The van der Waals surface area contributed by atoms with Crippen LogP contribution in [0.4, 0.5) is 4.79 Å². The Morgan fingerprint density at radius 3 is 2.83 bits per heavy atom. The van der Waals surface area contributed by atoms with Crippen LogP contribution in [0.15, 0.2) is 41.0 Å². The molecule has 0 fully saturated rings. The molecule has 2 aromatic rings. The van der Waals surface area contributed by atoms with E-state index < -0.39 is 6.04 Å². The van der Waals surface area contributed by atoms with Gasteiger partial charge in [-0.15, -0.1) is 0 Å². The first-order valence-electron chi connectivity index (χ1n) is 8.54. The fraction of sp³-hybridized carbons (Fsp3) is 0.421. The Labute approximate surface area is 142 Å². The molecule has 0 saturated heterocycles. The van der Waals surface area contributed by atoms with Crippen LogP contribution in [0.5, 0.6) is 0 Å². The van der Waals surface area contributed by atoms with Gasteiger partial charge in [0.25, 0.3) is 0 Å². The molecule has 0 radical (unpaired) electrons. The van der Waals surface area contributed by atoms with Crippen LogP contribution in [-0.4, -0.2) is 17.7 Å². The SMILES string of the molecule is CCc1ccc(C(CO)NC(=O)NC2CCCc3occc32)cc1. The van der Waals surface area contributed by atoms with Crippen LogP contribution in [0.2, 0.25) is 0 Å². The second-order valence-corrected chi connectivity index (χ2v) is 6.19. The van der Waals surface area contributed by atoms with Gasteiger partial charge in [0.2, 0.25) is 0 Å². The number of nitrogens with one attached hydrogen (secondary N) is 2. The van der Waals surface area contributed by atoms with Gasteiger partial charge in [0.15, 0.2) is 0 Å². The number of carbonyl (C=O) groups is 1. The summed E-state index contributed by atoms with van der Waals surface area (Å²) in [7, 11) is 0. The van der Waals surface area contributed by atoms with E-state index in [4.69, 9.17) is 4.42 Å². The summed E-state index contributed by atoms with van der Waals surface area (Å²) in [4.78, 5) is 12.3. The summed E-state index contributed by atoms with van der Waals surface area (Å²) in [5, 5.41) is 15.5. The number of fused-ring (bicyclic) bond motifs is 1. The highest BCUT2D eigenvalue weighted by atomic mass is 16.3. The maximum atomic E-state index is 12.3. The van der Waals surface area contributed by atoms with Crippen LogP contribution in [-0.2, 0) is 12.8 Å². The third-order valence-corrected chi connectivity index (χ3v) is 4.64. The fourth-order valence-electron chi connectivity index (χ4n) is 3.21. The van der Waals surface area contributed by atoms with E-state index in [0.717, 1.165) is 42.6 Å². The summed E-state index contributed by atoms with van der Waals surface area (Å²) in [6, 6.07) is 9.16. The van der Waals surface area contributed by atoms with Gasteiger partial charge in [-0.1, -0.05) is 31.2 Å². The number of carbonyl (C=O) groups excluding carboxylic acids is 1. The first kappa shape index (κ1) is 16.6. The van der Waals surface area contributed by atoms with E-state index in [1.165, 1.54) is 5.56 Å². The van der Waals surface area contributed by atoms with E-state index in [9.17, 15) is 9.90 Å². The summed E-state index contributed by atoms with van der Waals surface area (Å²) >= 11 is 0. The lowest BCUT2D eigenvalue weighted by Crippen LogP contribution is -2.41. The minimum Gasteiger partial charge on any atom is -0.469 e. The summed E-state index contributed by atoms with van der Waals surface area (Å²) in [6.07, 6.45) is 5.45. The molecule has 2 amide bonds. The van der Waals surface area contributed by atoms with Gasteiger partial charge >= 0.3 is 6.03 Å². The van der Waals surface area contributed by atoms with Crippen LogP contribution in [0.3, 0.4) is 0 Å². The van der Waals surface area contributed by atoms with E-state index in [-0.39, 0.29) is 18.7 Å². The number of aliphatic hydroxyl groups excluding tert-OH is 1. The molecule has 3 N–H and O–H groups in total. The molecular weight excluding hydrogens is 304 g/mol. The lowest BCUT2D eigenvalue weighted by atomic mass is 9.93. The summed E-state index contributed by atoms with van der Waals surface area (Å²) in [5.41, 5.74) is 3.19. The topological polar surface area (TPSA) is 74.5 Å². The van der Waals surface area contributed by atoms with E-state index in [1.54, 1.807) is 6.26 Å². The molecule has 2 atom stereocenters. The van der Waals surface area contributed by atoms with Crippen LogP contribution >= 0.6 is 0 Å². The van der Waals surface area contributed by atoms with Gasteiger partial charge in [-0.3, -0.25) is 0 Å². The molecule has 1 aliphatic carbocycles. The Hall–Kier alpha value is -2.27. The van der Waals surface area contributed by atoms with E-state index in [0.29, 0.717) is 0 Å². The van der Waals surface area contributed by atoms with Gasteiger partial charge in [0, 0.05) is 12.0 Å². The predicted octanol–water partition coefficient (Wildman–Crippen LogP) is 3.25. The molecule has 5 nitrogen and oxygen atoms in total. The van der Waals surface area contributed by atoms with Crippen molar-refractivity contribution in [1.82, 2.24) is 10.6 Å². The number of amides is 2. The minimum atomic E-state index is -0.414. The number of benzene rings is 1. The minimum absolute atomic E-state index is 0.0330. The summed E-state index contributed by atoms with van der Waals surface area (Å²) < 4.78 is 5.45. The van der Waals surface area contributed by atoms with Crippen molar-refractivity contribution in [3.63, 3.8) is 0 Å². The molecule has 1 aromatic heterocycles. The van der Waals surface area contributed by atoms with Crippen molar-refractivity contribution in [3.05, 3.63) is 59.0 Å². The molecule has 128 valence electrons. The highest BCUT2D eigenvalue weighted by Crippen LogP contribution is 2.30. The van der Waals surface area contributed by atoms with Gasteiger partial charge in [-0.05, 0) is 36.5 Å². The summed E-state index contributed by atoms with van der Waals surface area (Å²) in [5.74, 6) is 0.959. The normalized spacial score (nSPS) is 17.8. The molecule has 1 heterocycles. The van der Waals surface area contributed by atoms with Crippen molar-refractivity contribution in [3.8, 4) is 0 Å². The van der Waals surface area contributed by atoms with Gasteiger partial charge in [-0.2, -0.15) is 0 Å². The maximum Gasteiger partial charge on any atom is 0.315 e. The Kier molecular flexibility index (Phi) is 5.20. The number of furan rings is 1. The van der Waals surface area contributed by atoms with Crippen LogP contribution < -0.4 is 10.6 Å². The Bertz CT molecular complexity index is 678. The molecule has 0 bridgehead atoms. The van der Waals surface area contributed by atoms with Gasteiger partial charge < -0.3 is 20.2 Å². The molecule has 2 unspecified atom stereocenters. The monoisotopic (exact) mass is 328 g/mol. The third kappa shape index (κ3) is 3.62. The second kappa shape index (κ2) is 7.53. The van der Waals surface area contributed by atoms with E-state index in [1.807, 2.05) is 30.3 Å². The van der Waals surface area contributed by atoms with Crippen molar-refractivity contribution in [2.24, 2.45) is 0 Å². The zero-order chi connectivity index (χ0) is 16.9. The van der Waals surface area contributed by atoms with Crippen LogP contribution in [0, 0.1) is 0 Å². The number of urea groups is 1. The maximum absolute atomic E-state index is 12.3. The molecule has 1 aromatic carbocycles. The van der Waals surface area contributed by atoms with E-state index in [2.05, 4.69) is 17.6 Å². The largest absolute Gasteiger partial charge is 0.469 e. The van der Waals surface area contributed by atoms with Crippen molar-refractivity contribution >= 4 is 6.03 Å². The standard InChI is InChI=1S/C19H24N2O3/c1-2-13-6-8-14(9-7-13)17(12-22)21-19(23)20-16-4-3-5-18-15(16)10-11-24-18/h6-11,16-17,22H,2-5,12H2,1H3,(H2,20,21,23). The zero-order valence-electron chi connectivity index (χ0n) is 13.9. The number of aryl methyl sites for hydroxylation is 2. The molecule has 0 saturated carbocycles. The van der Waals surface area contributed by atoms with Gasteiger partial charge in [0.05, 0.1) is 25.0 Å². The molecule has 5 heteroatoms. The predicted molar refractivity (Wildman–Crippen MR) is 91.7 cm³/mol. The Morgan fingerprint density at radius 1 is 1.33 bits per heavy atom. The number of hydrogen-bond acceptors (Lipinski definition) is 3. The molecular formula is C19H24N2O3. The summed E-state index contributed by atoms with van der Waals surface area (Å²) in [6.45, 7) is 1.96. The Morgan fingerprint density at radius 2 is 2.12 bits per heavy atom. The van der Waals surface area contributed by atoms with E-state index >= 15 is 0 Å². The molecule has 3 rings (SSSR count). The molecule has 0 aliphatic heterocycles. The van der Waals surface area contributed by atoms with Gasteiger partial charge in [0.1, 0.15) is 5.76 Å². The van der Waals surface area contributed by atoms with Crippen molar-refractivity contribution in [1.29, 1.82) is 0 Å². The third-order valence-electron chi connectivity index (χ3n) is 4.64. The average molecular weight is 328 g/mol.